The average Bonchev–Trinajstić information content (AvgIpc) is 3.26. The van der Waals surface area contributed by atoms with Crippen molar-refractivity contribution in [2.24, 2.45) is 4.99 Å². The molecule has 0 aliphatic rings. The van der Waals surface area contributed by atoms with E-state index in [2.05, 4.69) is 88.4 Å². The molecule has 0 fully saturated rings. The van der Waals surface area contributed by atoms with E-state index in [-0.39, 0.29) is 6.61 Å². The number of pyridine rings is 1. The van der Waals surface area contributed by atoms with Gasteiger partial charge in [0.2, 0.25) is 0 Å². The second-order valence-electron chi connectivity index (χ2n) is 9.04. The lowest BCUT2D eigenvalue weighted by molar-refractivity contribution is 0.291. The van der Waals surface area contributed by atoms with Gasteiger partial charge in [0.05, 0.1) is 27.7 Å². The van der Waals surface area contributed by atoms with Gasteiger partial charge in [0, 0.05) is 11.3 Å². The number of aliphatic hydroxyl groups is 1. The van der Waals surface area contributed by atoms with Gasteiger partial charge in [0.1, 0.15) is 0 Å². The minimum Gasteiger partial charge on any atom is -0.396 e. The number of para-hydroxylation sites is 1. The van der Waals surface area contributed by atoms with Crippen LogP contribution in [0, 0.1) is 0 Å². The molecule has 2 aromatic carbocycles. The first-order valence-corrected chi connectivity index (χ1v) is 12.6. The second kappa shape index (κ2) is 10.4. The third-order valence-corrected chi connectivity index (χ3v) is 7.02. The normalized spacial score (nSPS) is 12.3. The SMILES string of the molecule is CC(C)c1cccc(C(C)C)c1N=C(CCCO)c1cccc(-c2cc3ccccc3s2)n1. The van der Waals surface area contributed by atoms with Crippen molar-refractivity contribution in [3.63, 3.8) is 0 Å². The van der Waals surface area contributed by atoms with Crippen molar-refractivity contribution < 1.29 is 5.11 Å². The summed E-state index contributed by atoms with van der Waals surface area (Å²) in [5.74, 6) is 0.749. The Morgan fingerprint density at radius 1 is 0.909 bits per heavy atom. The lowest BCUT2D eigenvalue weighted by Gasteiger charge is -2.18. The zero-order chi connectivity index (χ0) is 23.4. The van der Waals surface area contributed by atoms with Gasteiger partial charge in [-0.15, -0.1) is 11.3 Å². The third-order valence-electron chi connectivity index (χ3n) is 5.88. The summed E-state index contributed by atoms with van der Waals surface area (Å²) < 4.78 is 1.27. The molecule has 4 heteroatoms. The summed E-state index contributed by atoms with van der Waals surface area (Å²) in [5.41, 5.74) is 6.34. The molecule has 1 N–H and O–H groups in total. The Labute approximate surface area is 200 Å². The monoisotopic (exact) mass is 456 g/mol. The molecule has 2 heterocycles. The maximum atomic E-state index is 9.55. The summed E-state index contributed by atoms with van der Waals surface area (Å²) in [5, 5.41) is 10.8. The Balaban J connectivity index is 1.82. The highest BCUT2D eigenvalue weighted by Gasteiger charge is 2.16. The molecule has 4 rings (SSSR count). The summed E-state index contributed by atoms with van der Waals surface area (Å²) in [6.45, 7) is 8.99. The fraction of sp³-hybridized carbons (Fsp3) is 0.310. The molecule has 0 saturated carbocycles. The van der Waals surface area contributed by atoms with Gasteiger partial charge in [-0.3, -0.25) is 4.99 Å². The molecule has 0 spiro atoms. The zero-order valence-electron chi connectivity index (χ0n) is 19.9. The third kappa shape index (κ3) is 5.23. The number of thiophene rings is 1. The maximum Gasteiger partial charge on any atom is 0.0852 e. The van der Waals surface area contributed by atoms with Crippen molar-refractivity contribution >= 4 is 32.8 Å². The van der Waals surface area contributed by atoms with Crippen LogP contribution in [0.4, 0.5) is 5.69 Å². The number of rotatable bonds is 8. The molecule has 0 unspecified atom stereocenters. The molecule has 0 saturated heterocycles. The van der Waals surface area contributed by atoms with Crippen LogP contribution < -0.4 is 0 Å². The van der Waals surface area contributed by atoms with Crippen molar-refractivity contribution in [3.05, 3.63) is 83.6 Å². The molecule has 0 bridgehead atoms. The van der Waals surface area contributed by atoms with E-state index in [1.165, 1.54) is 21.2 Å². The number of hydrogen-bond acceptors (Lipinski definition) is 4. The Kier molecular flexibility index (Phi) is 7.36. The van der Waals surface area contributed by atoms with Crippen LogP contribution in [-0.4, -0.2) is 22.4 Å². The van der Waals surface area contributed by atoms with Crippen LogP contribution in [0.15, 0.2) is 71.7 Å². The van der Waals surface area contributed by atoms with E-state index in [0.717, 1.165) is 27.7 Å². The van der Waals surface area contributed by atoms with Crippen molar-refractivity contribution in [3.8, 4) is 10.6 Å². The largest absolute Gasteiger partial charge is 0.396 e. The van der Waals surface area contributed by atoms with Crippen LogP contribution in [-0.2, 0) is 0 Å². The number of fused-ring (bicyclic) bond motifs is 1. The summed E-state index contributed by atoms with van der Waals surface area (Å²) in [7, 11) is 0. The van der Waals surface area contributed by atoms with Crippen LogP contribution in [0.25, 0.3) is 20.7 Å². The van der Waals surface area contributed by atoms with E-state index in [4.69, 9.17) is 9.98 Å². The van der Waals surface area contributed by atoms with Crippen LogP contribution in [0.2, 0.25) is 0 Å². The number of hydrogen-bond donors (Lipinski definition) is 1. The lowest BCUT2D eigenvalue weighted by Crippen LogP contribution is -2.07. The quantitative estimate of drug-likeness (QED) is 0.272. The number of aromatic nitrogens is 1. The number of aliphatic hydroxyl groups excluding tert-OH is 1. The number of nitrogens with zero attached hydrogens (tertiary/aromatic N) is 2. The van der Waals surface area contributed by atoms with Crippen LogP contribution in [0.1, 0.15) is 69.2 Å². The van der Waals surface area contributed by atoms with E-state index in [1.807, 2.05) is 6.07 Å². The fourth-order valence-electron chi connectivity index (χ4n) is 4.10. The van der Waals surface area contributed by atoms with E-state index in [0.29, 0.717) is 24.7 Å². The lowest BCUT2D eigenvalue weighted by atomic mass is 9.92. The smallest absolute Gasteiger partial charge is 0.0852 e. The zero-order valence-corrected chi connectivity index (χ0v) is 20.7. The molecule has 0 aliphatic carbocycles. The van der Waals surface area contributed by atoms with Crippen LogP contribution >= 0.6 is 11.3 Å². The minimum atomic E-state index is 0.137. The van der Waals surface area contributed by atoms with Crippen molar-refractivity contribution in [2.75, 3.05) is 6.61 Å². The first kappa shape index (κ1) is 23.3. The molecule has 170 valence electrons. The maximum absolute atomic E-state index is 9.55. The summed E-state index contributed by atoms with van der Waals surface area (Å²) >= 11 is 1.76. The van der Waals surface area contributed by atoms with Crippen LogP contribution in [0.3, 0.4) is 0 Å². The highest BCUT2D eigenvalue weighted by Crippen LogP contribution is 2.36. The highest BCUT2D eigenvalue weighted by atomic mass is 32.1. The van der Waals surface area contributed by atoms with Gasteiger partial charge < -0.3 is 5.11 Å². The second-order valence-corrected chi connectivity index (χ2v) is 10.1. The van der Waals surface area contributed by atoms with E-state index in [9.17, 15) is 5.11 Å². The molecule has 0 atom stereocenters. The predicted molar refractivity (Wildman–Crippen MR) is 142 cm³/mol. The highest BCUT2D eigenvalue weighted by molar-refractivity contribution is 7.22. The van der Waals surface area contributed by atoms with Gasteiger partial charge >= 0.3 is 0 Å². The average molecular weight is 457 g/mol. The minimum absolute atomic E-state index is 0.137. The molecule has 0 aliphatic heterocycles. The fourth-order valence-corrected chi connectivity index (χ4v) is 5.14. The molecular weight excluding hydrogens is 424 g/mol. The van der Waals surface area contributed by atoms with Gasteiger partial charge in [-0.05, 0) is 65.5 Å². The Hall–Kier alpha value is -2.82. The standard InChI is InChI=1S/C29H32N2OS/c1-19(2)22-11-7-12-23(20(3)4)29(22)31-25(15-9-17-32)24-13-8-14-26(30-24)28-18-21-10-5-6-16-27(21)33-28/h5-8,10-14,16,18-20,32H,9,15,17H2,1-4H3. The Morgan fingerprint density at radius 2 is 1.61 bits per heavy atom. The molecule has 4 aromatic rings. The predicted octanol–water partition coefficient (Wildman–Crippen LogP) is 8.10. The first-order chi connectivity index (χ1) is 16.0. The van der Waals surface area contributed by atoms with Gasteiger partial charge in [0.25, 0.3) is 0 Å². The van der Waals surface area contributed by atoms with Crippen LogP contribution in [0.5, 0.6) is 0 Å². The topological polar surface area (TPSA) is 45.5 Å². The molecule has 0 radical (unpaired) electrons. The summed E-state index contributed by atoms with van der Waals surface area (Å²) in [6, 6.07) is 23.3. The van der Waals surface area contributed by atoms with E-state index >= 15 is 0 Å². The number of aliphatic imine (C=N–C) groups is 1. The van der Waals surface area contributed by atoms with Crippen molar-refractivity contribution in [1.29, 1.82) is 0 Å². The van der Waals surface area contributed by atoms with Gasteiger partial charge in [-0.25, -0.2) is 4.98 Å². The van der Waals surface area contributed by atoms with E-state index < -0.39 is 0 Å². The van der Waals surface area contributed by atoms with Gasteiger partial charge in [-0.2, -0.15) is 0 Å². The molecule has 33 heavy (non-hydrogen) atoms. The molecular formula is C29H32N2OS. The van der Waals surface area contributed by atoms with Gasteiger partial charge in [0.15, 0.2) is 0 Å². The molecule has 2 aromatic heterocycles. The molecule has 0 amide bonds. The van der Waals surface area contributed by atoms with E-state index in [1.54, 1.807) is 11.3 Å². The molecule has 3 nitrogen and oxygen atoms in total. The Bertz CT molecular complexity index is 1210. The van der Waals surface area contributed by atoms with Gasteiger partial charge in [-0.1, -0.05) is 70.2 Å². The van der Waals surface area contributed by atoms with Crippen molar-refractivity contribution in [1.82, 2.24) is 4.98 Å². The first-order valence-electron chi connectivity index (χ1n) is 11.8. The van der Waals surface area contributed by atoms with Crippen molar-refractivity contribution in [2.45, 2.75) is 52.4 Å². The summed E-state index contributed by atoms with van der Waals surface area (Å²) in [4.78, 5) is 11.4. The Morgan fingerprint density at radius 3 is 2.27 bits per heavy atom. The number of benzene rings is 2. The summed E-state index contributed by atoms with van der Waals surface area (Å²) in [6.07, 6.45) is 1.35.